The monoisotopic (exact) mass is 392 g/mol. The second-order valence-corrected chi connectivity index (χ2v) is 6.48. The molecule has 0 amide bonds. The smallest absolute Gasteiger partial charge is 0.173 e. The van der Waals surface area contributed by atoms with Gasteiger partial charge in [0.1, 0.15) is 10.8 Å². The maximum absolute atomic E-state index is 13.3. The van der Waals surface area contributed by atoms with Crippen LogP contribution in [0.3, 0.4) is 0 Å². The normalized spacial score (nSPS) is 10.7. The van der Waals surface area contributed by atoms with E-state index in [1.165, 1.54) is 12.1 Å². The third-order valence-electron chi connectivity index (χ3n) is 3.65. The van der Waals surface area contributed by atoms with Crippen molar-refractivity contribution in [2.45, 2.75) is 26.6 Å². The lowest BCUT2D eigenvalue weighted by atomic mass is 10.2. The van der Waals surface area contributed by atoms with E-state index in [0.29, 0.717) is 29.0 Å². The number of hydrogen-bond donors (Lipinski definition) is 2. The maximum Gasteiger partial charge on any atom is 0.173 e. The highest BCUT2D eigenvalue weighted by Gasteiger charge is 2.09. The lowest BCUT2D eigenvalue weighted by Crippen LogP contribution is -2.28. The average Bonchev–Trinajstić information content (AvgIpc) is 3.20. The van der Waals surface area contributed by atoms with E-state index in [9.17, 15) is 4.39 Å². The van der Waals surface area contributed by atoms with E-state index in [2.05, 4.69) is 20.8 Å². The van der Waals surface area contributed by atoms with Crippen molar-refractivity contribution in [3.63, 3.8) is 0 Å². The number of halogens is 2. The van der Waals surface area contributed by atoms with Gasteiger partial charge in [0.2, 0.25) is 0 Å². The lowest BCUT2D eigenvalue weighted by molar-refractivity contribution is 0.619. The number of benzene rings is 1. The standard InChI is InChI=1S/C17H18ClFN6S/c1-2-24-10-13(8-21-24)7-20-17(26)22-16-15(18)11-25(23-16)9-12-4-3-5-14(19)6-12/h3-6,8,10-11H,2,7,9H2,1H3,(H2,20,22,23,26). The fraction of sp³-hybridized carbons (Fsp3) is 0.235. The van der Waals surface area contributed by atoms with Crippen LogP contribution in [-0.2, 0) is 19.6 Å². The predicted octanol–water partition coefficient (Wildman–Crippen LogP) is 3.43. The summed E-state index contributed by atoms with van der Waals surface area (Å²) < 4.78 is 16.8. The Bertz CT molecular complexity index is 906. The van der Waals surface area contributed by atoms with Crippen LogP contribution in [-0.4, -0.2) is 24.7 Å². The zero-order valence-electron chi connectivity index (χ0n) is 14.1. The first-order valence-electron chi connectivity index (χ1n) is 8.07. The molecule has 26 heavy (non-hydrogen) atoms. The summed E-state index contributed by atoms with van der Waals surface area (Å²) in [6, 6.07) is 6.36. The number of nitrogens with zero attached hydrogens (tertiary/aromatic N) is 4. The summed E-state index contributed by atoms with van der Waals surface area (Å²) in [4.78, 5) is 0. The topological polar surface area (TPSA) is 59.7 Å². The van der Waals surface area contributed by atoms with Gasteiger partial charge < -0.3 is 10.6 Å². The molecule has 6 nitrogen and oxygen atoms in total. The van der Waals surface area contributed by atoms with Crippen LogP contribution < -0.4 is 10.6 Å². The molecule has 1 aromatic carbocycles. The van der Waals surface area contributed by atoms with Crippen LogP contribution in [0.2, 0.25) is 5.02 Å². The maximum atomic E-state index is 13.3. The first-order chi connectivity index (χ1) is 12.5. The Labute approximate surface area is 161 Å². The van der Waals surface area contributed by atoms with Crippen LogP contribution in [0.5, 0.6) is 0 Å². The molecule has 0 aliphatic rings. The van der Waals surface area contributed by atoms with Gasteiger partial charge in [-0.25, -0.2) is 4.39 Å². The summed E-state index contributed by atoms with van der Waals surface area (Å²) in [5.41, 5.74) is 1.82. The molecule has 136 valence electrons. The van der Waals surface area contributed by atoms with Crippen LogP contribution >= 0.6 is 23.8 Å². The van der Waals surface area contributed by atoms with E-state index in [0.717, 1.165) is 17.7 Å². The van der Waals surface area contributed by atoms with E-state index in [1.807, 2.05) is 23.9 Å². The van der Waals surface area contributed by atoms with Crippen molar-refractivity contribution < 1.29 is 4.39 Å². The molecule has 3 rings (SSSR count). The molecule has 0 unspecified atom stereocenters. The predicted molar refractivity (Wildman–Crippen MR) is 104 cm³/mol. The van der Waals surface area contributed by atoms with Gasteiger partial charge in [-0.1, -0.05) is 23.7 Å². The van der Waals surface area contributed by atoms with E-state index in [4.69, 9.17) is 23.8 Å². The number of aromatic nitrogens is 4. The minimum Gasteiger partial charge on any atom is -0.358 e. The molecule has 0 spiro atoms. The number of aryl methyl sites for hydroxylation is 1. The minimum absolute atomic E-state index is 0.282. The molecule has 0 saturated heterocycles. The highest BCUT2D eigenvalue weighted by molar-refractivity contribution is 7.80. The van der Waals surface area contributed by atoms with Crippen molar-refractivity contribution in [2.75, 3.05) is 5.32 Å². The fourth-order valence-corrected chi connectivity index (χ4v) is 2.76. The summed E-state index contributed by atoms with van der Waals surface area (Å²) >= 11 is 11.5. The molecular formula is C17H18ClFN6S. The van der Waals surface area contributed by atoms with E-state index >= 15 is 0 Å². The quantitative estimate of drug-likeness (QED) is 0.629. The second kappa shape index (κ2) is 8.29. The first-order valence-corrected chi connectivity index (χ1v) is 8.85. The van der Waals surface area contributed by atoms with Gasteiger partial charge in [-0.15, -0.1) is 0 Å². The summed E-state index contributed by atoms with van der Waals surface area (Å²) in [7, 11) is 0. The Morgan fingerprint density at radius 1 is 1.27 bits per heavy atom. The van der Waals surface area contributed by atoms with Crippen molar-refractivity contribution in [1.29, 1.82) is 0 Å². The fourth-order valence-electron chi connectivity index (χ4n) is 2.39. The second-order valence-electron chi connectivity index (χ2n) is 5.67. The number of hydrogen-bond acceptors (Lipinski definition) is 3. The molecule has 3 aromatic rings. The largest absolute Gasteiger partial charge is 0.358 e. The summed E-state index contributed by atoms with van der Waals surface area (Å²) in [5, 5.41) is 15.5. The van der Waals surface area contributed by atoms with Gasteiger partial charge >= 0.3 is 0 Å². The van der Waals surface area contributed by atoms with E-state index in [-0.39, 0.29) is 5.82 Å². The average molecular weight is 393 g/mol. The van der Waals surface area contributed by atoms with Gasteiger partial charge in [0.15, 0.2) is 10.9 Å². The number of thiocarbonyl (C=S) groups is 1. The van der Waals surface area contributed by atoms with Gasteiger partial charge in [0.05, 0.1) is 12.7 Å². The number of rotatable bonds is 6. The van der Waals surface area contributed by atoms with Crippen LogP contribution in [0, 0.1) is 5.82 Å². The Kier molecular flexibility index (Phi) is 5.85. The Hall–Kier alpha value is -2.45. The van der Waals surface area contributed by atoms with E-state index in [1.54, 1.807) is 23.1 Å². The Morgan fingerprint density at radius 3 is 2.85 bits per heavy atom. The molecule has 0 aliphatic carbocycles. The van der Waals surface area contributed by atoms with Crippen LogP contribution in [0.15, 0.2) is 42.9 Å². The molecule has 0 fully saturated rings. The van der Waals surface area contributed by atoms with Gasteiger partial charge in [0.25, 0.3) is 0 Å². The van der Waals surface area contributed by atoms with Gasteiger partial charge in [0, 0.05) is 31.0 Å². The van der Waals surface area contributed by atoms with Gasteiger partial charge in [-0.05, 0) is 36.8 Å². The molecule has 0 bridgehead atoms. The highest BCUT2D eigenvalue weighted by Crippen LogP contribution is 2.20. The van der Waals surface area contributed by atoms with Crippen molar-refractivity contribution in [2.24, 2.45) is 0 Å². The van der Waals surface area contributed by atoms with Crippen molar-refractivity contribution in [3.8, 4) is 0 Å². The van der Waals surface area contributed by atoms with Gasteiger partial charge in [-0.2, -0.15) is 10.2 Å². The molecule has 0 saturated carbocycles. The summed E-state index contributed by atoms with van der Waals surface area (Å²) in [5.74, 6) is 0.167. The summed E-state index contributed by atoms with van der Waals surface area (Å²) in [6.07, 6.45) is 5.42. The van der Waals surface area contributed by atoms with Crippen LogP contribution in [0.1, 0.15) is 18.1 Å². The highest BCUT2D eigenvalue weighted by atomic mass is 35.5. The van der Waals surface area contributed by atoms with Crippen molar-refractivity contribution >= 4 is 34.7 Å². The zero-order chi connectivity index (χ0) is 18.5. The lowest BCUT2D eigenvalue weighted by Gasteiger charge is -2.07. The molecule has 2 heterocycles. The minimum atomic E-state index is -0.282. The molecule has 0 atom stereocenters. The molecule has 0 aliphatic heterocycles. The summed E-state index contributed by atoms with van der Waals surface area (Å²) in [6.45, 7) is 3.81. The molecular weight excluding hydrogens is 375 g/mol. The van der Waals surface area contributed by atoms with Crippen molar-refractivity contribution in [1.82, 2.24) is 24.9 Å². The molecule has 2 N–H and O–H groups in total. The molecule has 2 aromatic heterocycles. The zero-order valence-corrected chi connectivity index (χ0v) is 15.7. The first kappa shape index (κ1) is 18.3. The third kappa shape index (κ3) is 4.80. The molecule has 9 heteroatoms. The SMILES string of the molecule is CCn1cc(CNC(=S)Nc2nn(Cc3cccc(F)c3)cc2Cl)cn1. The molecule has 0 radical (unpaired) electrons. The Morgan fingerprint density at radius 2 is 2.12 bits per heavy atom. The number of nitrogens with one attached hydrogen (secondary N) is 2. The van der Waals surface area contributed by atoms with Gasteiger partial charge in [-0.3, -0.25) is 9.36 Å². The van der Waals surface area contributed by atoms with E-state index < -0.39 is 0 Å². The van der Waals surface area contributed by atoms with Crippen molar-refractivity contribution in [3.05, 3.63) is 64.8 Å². The van der Waals surface area contributed by atoms with Crippen LogP contribution in [0.25, 0.3) is 0 Å². The van der Waals surface area contributed by atoms with Crippen LogP contribution in [0.4, 0.5) is 10.2 Å². The Balaban J connectivity index is 1.57. The third-order valence-corrected chi connectivity index (χ3v) is 4.17. The number of anilines is 1.